The molecule has 4 atom stereocenters. The Balaban J connectivity index is 1.56. The Hall–Kier alpha value is -0.0500. The van der Waals surface area contributed by atoms with E-state index in [4.69, 9.17) is 11.6 Å². The highest BCUT2D eigenvalue weighted by Crippen LogP contribution is 2.50. The summed E-state index contributed by atoms with van der Waals surface area (Å²) in [5.41, 5.74) is 0. The van der Waals surface area contributed by atoms with Crippen LogP contribution in [-0.4, -0.2) is 13.1 Å². The summed E-state index contributed by atoms with van der Waals surface area (Å²) in [7, 11) is 2.10. The minimum absolute atomic E-state index is 0.629. The quantitative estimate of drug-likeness (QED) is 0.847. The van der Waals surface area contributed by atoms with E-state index in [-0.39, 0.29) is 0 Å². The Bertz CT molecular complexity index is 403. The molecule has 3 rings (SSSR count). The molecule has 0 saturated heterocycles. The highest BCUT2D eigenvalue weighted by Gasteiger charge is 2.39. The number of fused-ring (bicyclic) bond motifs is 2. The van der Waals surface area contributed by atoms with Gasteiger partial charge in [0.15, 0.2) is 0 Å². The highest BCUT2D eigenvalue weighted by atomic mass is 35.5. The Morgan fingerprint density at radius 3 is 2.83 bits per heavy atom. The van der Waals surface area contributed by atoms with Crippen molar-refractivity contribution in [1.82, 2.24) is 5.32 Å². The van der Waals surface area contributed by atoms with Crippen molar-refractivity contribution in [3.8, 4) is 0 Å². The van der Waals surface area contributed by atoms with Crippen molar-refractivity contribution in [2.24, 2.45) is 17.8 Å². The second-order valence-electron chi connectivity index (χ2n) is 6.07. The van der Waals surface area contributed by atoms with Gasteiger partial charge < -0.3 is 5.32 Å². The minimum Gasteiger partial charge on any atom is -0.317 e. The summed E-state index contributed by atoms with van der Waals surface area (Å²) in [4.78, 5) is 1.42. The lowest BCUT2D eigenvalue weighted by atomic mass is 9.83. The van der Waals surface area contributed by atoms with Gasteiger partial charge in [0.05, 0.1) is 4.34 Å². The van der Waals surface area contributed by atoms with E-state index in [0.717, 1.165) is 28.5 Å². The molecule has 2 fully saturated rings. The van der Waals surface area contributed by atoms with Crippen LogP contribution in [0.4, 0.5) is 0 Å². The fraction of sp³-hybridized carbons (Fsp3) is 0.733. The van der Waals surface area contributed by atoms with Crippen molar-refractivity contribution in [2.45, 2.75) is 44.6 Å². The highest BCUT2D eigenvalue weighted by molar-refractivity contribution is 7.16. The smallest absolute Gasteiger partial charge is 0.0931 e. The zero-order valence-electron chi connectivity index (χ0n) is 11.0. The average Bonchev–Trinajstić information content (AvgIpc) is 3.05. The fourth-order valence-electron chi connectivity index (χ4n) is 4.04. The first-order valence-corrected chi connectivity index (χ1v) is 8.35. The molecule has 0 aliphatic heterocycles. The van der Waals surface area contributed by atoms with E-state index in [2.05, 4.69) is 18.4 Å². The Morgan fingerprint density at radius 1 is 1.39 bits per heavy atom. The number of hydrogen-bond donors (Lipinski definition) is 1. The number of likely N-dealkylation sites (N-methyl/N-ethyl adjacent to an activating group) is 1. The van der Waals surface area contributed by atoms with E-state index in [1.54, 1.807) is 11.3 Å². The van der Waals surface area contributed by atoms with Gasteiger partial charge >= 0.3 is 0 Å². The molecule has 2 aliphatic rings. The molecule has 1 nitrogen and oxygen atoms in total. The van der Waals surface area contributed by atoms with Gasteiger partial charge in [-0.05, 0) is 69.0 Å². The van der Waals surface area contributed by atoms with Crippen molar-refractivity contribution < 1.29 is 0 Å². The molecule has 2 saturated carbocycles. The topological polar surface area (TPSA) is 12.0 Å². The van der Waals surface area contributed by atoms with Crippen LogP contribution in [0.1, 0.15) is 37.0 Å². The Kier molecular flexibility index (Phi) is 3.97. The first kappa shape index (κ1) is 13.0. The van der Waals surface area contributed by atoms with Crippen LogP contribution >= 0.6 is 22.9 Å². The van der Waals surface area contributed by atoms with Gasteiger partial charge in [-0.3, -0.25) is 0 Å². The molecule has 1 aromatic heterocycles. The third-order valence-electron chi connectivity index (χ3n) is 4.96. The van der Waals surface area contributed by atoms with E-state index >= 15 is 0 Å². The van der Waals surface area contributed by atoms with Crippen LogP contribution in [0.5, 0.6) is 0 Å². The van der Waals surface area contributed by atoms with Gasteiger partial charge in [0, 0.05) is 10.9 Å². The summed E-state index contributed by atoms with van der Waals surface area (Å²) in [6.07, 6.45) is 8.51. The number of hydrogen-bond acceptors (Lipinski definition) is 2. The molecule has 1 aromatic rings. The van der Waals surface area contributed by atoms with Gasteiger partial charge in [0.25, 0.3) is 0 Å². The van der Waals surface area contributed by atoms with E-state index in [9.17, 15) is 0 Å². The van der Waals surface area contributed by atoms with E-state index in [0.29, 0.717) is 6.04 Å². The molecular formula is C15H22ClNS. The largest absolute Gasteiger partial charge is 0.317 e. The molecule has 1 heterocycles. The van der Waals surface area contributed by atoms with E-state index in [1.807, 2.05) is 6.07 Å². The molecule has 0 aromatic carbocycles. The van der Waals surface area contributed by atoms with Crippen molar-refractivity contribution in [1.29, 1.82) is 0 Å². The van der Waals surface area contributed by atoms with Gasteiger partial charge in [-0.15, -0.1) is 11.3 Å². The Labute approximate surface area is 119 Å². The molecule has 0 amide bonds. The fourth-order valence-corrected chi connectivity index (χ4v) is 5.21. The third-order valence-corrected chi connectivity index (χ3v) is 6.21. The van der Waals surface area contributed by atoms with Gasteiger partial charge in [-0.1, -0.05) is 18.0 Å². The molecule has 4 unspecified atom stereocenters. The number of thiophene rings is 1. The average molecular weight is 284 g/mol. The van der Waals surface area contributed by atoms with Crippen LogP contribution in [0.15, 0.2) is 12.1 Å². The zero-order valence-corrected chi connectivity index (χ0v) is 12.6. The van der Waals surface area contributed by atoms with Crippen LogP contribution in [0.25, 0.3) is 0 Å². The summed E-state index contributed by atoms with van der Waals surface area (Å²) in [6.45, 7) is 0. The summed E-state index contributed by atoms with van der Waals surface area (Å²) in [6, 6.07) is 4.83. The van der Waals surface area contributed by atoms with Gasteiger partial charge in [-0.2, -0.15) is 0 Å². The third kappa shape index (κ3) is 2.76. The predicted molar refractivity (Wildman–Crippen MR) is 79.4 cm³/mol. The van der Waals surface area contributed by atoms with Crippen LogP contribution in [0.3, 0.4) is 0 Å². The zero-order chi connectivity index (χ0) is 12.5. The maximum atomic E-state index is 6.01. The van der Waals surface area contributed by atoms with E-state index in [1.165, 1.54) is 37.0 Å². The lowest BCUT2D eigenvalue weighted by Gasteiger charge is -2.26. The minimum atomic E-state index is 0.629. The maximum absolute atomic E-state index is 6.01. The number of rotatable bonds is 5. The maximum Gasteiger partial charge on any atom is 0.0931 e. The van der Waals surface area contributed by atoms with Crippen molar-refractivity contribution in [3.63, 3.8) is 0 Å². The molecule has 0 radical (unpaired) electrons. The second-order valence-corrected chi connectivity index (χ2v) is 7.87. The normalized spacial score (nSPS) is 32.0. The van der Waals surface area contributed by atoms with E-state index < -0.39 is 0 Å². The van der Waals surface area contributed by atoms with Crippen LogP contribution < -0.4 is 5.32 Å². The molecule has 2 bridgehead atoms. The summed E-state index contributed by atoms with van der Waals surface area (Å²) in [5.74, 6) is 3.09. The van der Waals surface area contributed by atoms with Crippen molar-refractivity contribution in [3.05, 3.63) is 21.3 Å². The molecule has 0 spiro atoms. The molecule has 100 valence electrons. The van der Waals surface area contributed by atoms with Crippen LogP contribution in [0, 0.1) is 17.8 Å². The SMILES string of the molecule is CNC(Cc1ccc(Cl)s1)CC1CC2CCC1C2. The summed E-state index contributed by atoms with van der Waals surface area (Å²) >= 11 is 7.74. The lowest BCUT2D eigenvalue weighted by Crippen LogP contribution is -2.31. The molecule has 18 heavy (non-hydrogen) atoms. The second kappa shape index (κ2) is 5.52. The monoisotopic (exact) mass is 283 g/mol. The first-order valence-electron chi connectivity index (χ1n) is 7.16. The van der Waals surface area contributed by atoms with Gasteiger partial charge in [0.1, 0.15) is 0 Å². The van der Waals surface area contributed by atoms with Crippen molar-refractivity contribution in [2.75, 3.05) is 7.05 Å². The Morgan fingerprint density at radius 2 is 2.28 bits per heavy atom. The van der Waals surface area contributed by atoms with Gasteiger partial charge in [0.2, 0.25) is 0 Å². The van der Waals surface area contributed by atoms with Crippen LogP contribution in [-0.2, 0) is 6.42 Å². The number of nitrogens with one attached hydrogen (secondary N) is 1. The van der Waals surface area contributed by atoms with Gasteiger partial charge in [-0.25, -0.2) is 0 Å². The summed E-state index contributed by atoms with van der Waals surface area (Å²) in [5, 5.41) is 3.51. The molecule has 1 N–H and O–H groups in total. The number of halogens is 1. The predicted octanol–water partition coefficient (Wildman–Crippen LogP) is 4.36. The summed E-state index contributed by atoms with van der Waals surface area (Å²) < 4.78 is 0.916. The van der Waals surface area contributed by atoms with Crippen molar-refractivity contribution >= 4 is 22.9 Å². The molecular weight excluding hydrogens is 262 g/mol. The molecule has 2 aliphatic carbocycles. The standard InChI is InChI=1S/C15H22ClNS/c1-17-13(9-14-4-5-15(16)18-14)8-12-7-10-2-3-11(12)6-10/h4-5,10-13,17H,2-3,6-9H2,1H3. The lowest BCUT2D eigenvalue weighted by molar-refractivity contribution is 0.282. The first-order chi connectivity index (χ1) is 8.74. The van der Waals surface area contributed by atoms with Crippen LogP contribution in [0.2, 0.25) is 4.34 Å². The molecule has 3 heteroatoms.